The number of hydrogen-bond donors (Lipinski definition) is 1. The first-order valence-electron chi connectivity index (χ1n) is 6.99. The fraction of sp³-hybridized carbons (Fsp3) is 0.438. The zero-order valence-electron chi connectivity index (χ0n) is 11.8. The molecular formula is C16H22N2S. The smallest absolute Gasteiger partial charge is 0.0934 e. The Morgan fingerprint density at radius 1 is 1.11 bits per heavy atom. The van der Waals surface area contributed by atoms with E-state index in [0.717, 1.165) is 25.8 Å². The molecule has 1 aromatic heterocycles. The molecule has 1 heterocycles. The number of aryl methyl sites for hydroxylation is 3. The van der Waals surface area contributed by atoms with Crippen LogP contribution in [0.25, 0.3) is 0 Å². The summed E-state index contributed by atoms with van der Waals surface area (Å²) in [5, 5.41) is 4.52. The van der Waals surface area contributed by atoms with E-state index in [-0.39, 0.29) is 0 Å². The van der Waals surface area contributed by atoms with Crippen molar-refractivity contribution in [3.8, 4) is 0 Å². The first-order valence-corrected chi connectivity index (χ1v) is 7.81. The summed E-state index contributed by atoms with van der Waals surface area (Å²) in [7, 11) is 2.00. The Morgan fingerprint density at radius 3 is 2.58 bits per heavy atom. The SMILES string of the molecule is CCCc1nc(CCc2ccccc2)sc1CNC. The van der Waals surface area contributed by atoms with Gasteiger partial charge in [-0.25, -0.2) is 4.98 Å². The molecule has 0 aliphatic heterocycles. The quantitative estimate of drug-likeness (QED) is 0.834. The summed E-state index contributed by atoms with van der Waals surface area (Å²) >= 11 is 1.87. The largest absolute Gasteiger partial charge is 0.315 e. The molecule has 0 atom stereocenters. The Balaban J connectivity index is 2.02. The van der Waals surface area contributed by atoms with Crippen LogP contribution in [0.5, 0.6) is 0 Å². The van der Waals surface area contributed by atoms with Crippen LogP contribution >= 0.6 is 11.3 Å². The van der Waals surface area contributed by atoms with Crippen LogP contribution < -0.4 is 5.32 Å². The van der Waals surface area contributed by atoms with Crippen LogP contribution in [0.2, 0.25) is 0 Å². The van der Waals surface area contributed by atoms with Gasteiger partial charge in [-0.05, 0) is 25.5 Å². The van der Waals surface area contributed by atoms with Gasteiger partial charge in [0.25, 0.3) is 0 Å². The van der Waals surface area contributed by atoms with Crippen molar-refractivity contribution in [2.45, 2.75) is 39.2 Å². The van der Waals surface area contributed by atoms with E-state index in [1.54, 1.807) is 0 Å². The van der Waals surface area contributed by atoms with Gasteiger partial charge in [-0.3, -0.25) is 0 Å². The molecule has 1 N–H and O–H groups in total. The summed E-state index contributed by atoms with van der Waals surface area (Å²) in [6.45, 7) is 3.16. The summed E-state index contributed by atoms with van der Waals surface area (Å²) < 4.78 is 0. The van der Waals surface area contributed by atoms with Gasteiger partial charge in [-0.2, -0.15) is 0 Å². The van der Waals surface area contributed by atoms with Crippen molar-refractivity contribution in [2.24, 2.45) is 0 Å². The fourth-order valence-corrected chi connectivity index (χ4v) is 3.30. The van der Waals surface area contributed by atoms with E-state index in [1.165, 1.54) is 27.6 Å². The van der Waals surface area contributed by atoms with Crippen LogP contribution in [0.3, 0.4) is 0 Å². The van der Waals surface area contributed by atoms with Crippen molar-refractivity contribution >= 4 is 11.3 Å². The maximum atomic E-state index is 4.81. The van der Waals surface area contributed by atoms with Crippen LogP contribution in [0.4, 0.5) is 0 Å². The molecule has 19 heavy (non-hydrogen) atoms. The first kappa shape index (κ1) is 14.2. The third-order valence-electron chi connectivity index (χ3n) is 3.12. The first-order chi connectivity index (χ1) is 9.33. The number of benzene rings is 1. The standard InChI is InChI=1S/C16H22N2S/c1-3-7-14-15(12-17-2)19-16(18-14)11-10-13-8-5-4-6-9-13/h4-6,8-9,17H,3,7,10-12H2,1-2H3. The number of thiazole rings is 1. The van der Waals surface area contributed by atoms with Gasteiger partial charge in [0, 0.05) is 17.8 Å². The summed E-state index contributed by atoms with van der Waals surface area (Å²) in [6.07, 6.45) is 4.39. The van der Waals surface area contributed by atoms with Gasteiger partial charge in [0.2, 0.25) is 0 Å². The molecule has 0 aliphatic carbocycles. The van der Waals surface area contributed by atoms with Gasteiger partial charge >= 0.3 is 0 Å². The van der Waals surface area contributed by atoms with E-state index in [0.29, 0.717) is 0 Å². The minimum Gasteiger partial charge on any atom is -0.315 e. The van der Waals surface area contributed by atoms with Crippen molar-refractivity contribution in [2.75, 3.05) is 7.05 Å². The topological polar surface area (TPSA) is 24.9 Å². The van der Waals surface area contributed by atoms with Crippen molar-refractivity contribution in [1.29, 1.82) is 0 Å². The third kappa shape index (κ3) is 4.15. The highest BCUT2D eigenvalue weighted by atomic mass is 32.1. The van der Waals surface area contributed by atoms with E-state index in [1.807, 2.05) is 18.4 Å². The van der Waals surface area contributed by atoms with Gasteiger partial charge < -0.3 is 5.32 Å². The molecule has 0 radical (unpaired) electrons. The van der Waals surface area contributed by atoms with Crippen molar-refractivity contribution in [3.63, 3.8) is 0 Å². The van der Waals surface area contributed by atoms with Crippen molar-refractivity contribution in [1.82, 2.24) is 10.3 Å². The maximum absolute atomic E-state index is 4.81. The summed E-state index contributed by atoms with van der Waals surface area (Å²) in [6, 6.07) is 10.7. The lowest BCUT2D eigenvalue weighted by molar-refractivity contribution is 0.794. The van der Waals surface area contributed by atoms with E-state index in [9.17, 15) is 0 Å². The third-order valence-corrected chi connectivity index (χ3v) is 4.27. The van der Waals surface area contributed by atoms with Crippen LogP contribution in [0, 0.1) is 0 Å². The predicted octanol–water partition coefficient (Wildman–Crippen LogP) is 3.60. The molecule has 0 unspecified atom stereocenters. The number of nitrogens with one attached hydrogen (secondary N) is 1. The minimum absolute atomic E-state index is 0.943. The van der Waals surface area contributed by atoms with Crippen LogP contribution in [0.1, 0.15) is 34.5 Å². The molecule has 2 nitrogen and oxygen atoms in total. The lowest BCUT2D eigenvalue weighted by atomic mass is 10.1. The second kappa shape index (κ2) is 7.41. The molecule has 0 saturated carbocycles. The zero-order valence-corrected chi connectivity index (χ0v) is 12.6. The van der Waals surface area contributed by atoms with Gasteiger partial charge in [-0.1, -0.05) is 43.7 Å². The minimum atomic E-state index is 0.943. The molecule has 0 saturated heterocycles. The van der Waals surface area contributed by atoms with Gasteiger partial charge in [0.15, 0.2) is 0 Å². The van der Waals surface area contributed by atoms with E-state index >= 15 is 0 Å². The molecule has 0 spiro atoms. The predicted molar refractivity (Wildman–Crippen MR) is 82.7 cm³/mol. The van der Waals surface area contributed by atoms with Crippen LogP contribution in [-0.4, -0.2) is 12.0 Å². The van der Waals surface area contributed by atoms with Crippen LogP contribution in [0.15, 0.2) is 30.3 Å². The average Bonchev–Trinajstić information content (AvgIpc) is 2.81. The fourth-order valence-electron chi connectivity index (χ4n) is 2.17. The van der Waals surface area contributed by atoms with E-state index < -0.39 is 0 Å². The van der Waals surface area contributed by atoms with Gasteiger partial charge in [0.05, 0.1) is 10.7 Å². The lowest BCUT2D eigenvalue weighted by Gasteiger charge is -1.98. The monoisotopic (exact) mass is 274 g/mol. The Hall–Kier alpha value is -1.19. The molecule has 102 valence electrons. The molecule has 0 fully saturated rings. The number of rotatable bonds is 7. The molecule has 3 heteroatoms. The second-order valence-corrected chi connectivity index (χ2v) is 5.91. The lowest BCUT2D eigenvalue weighted by Crippen LogP contribution is -2.05. The second-order valence-electron chi connectivity index (χ2n) is 4.74. The molecule has 2 rings (SSSR count). The molecule has 0 bridgehead atoms. The molecule has 2 aromatic rings. The normalized spacial score (nSPS) is 10.8. The summed E-state index contributed by atoms with van der Waals surface area (Å²) in [5.74, 6) is 0. The Bertz CT molecular complexity index is 467. The molecule has 0 amide bonds. The Kier molecular flexibility index (Phi) is 5.55. The number of aromatic nitrogens is 1. The molecule has 0 aliphatic rings. The van der Waals surface area contributed by atoms with E-state index in [2.05, 4.69) is 42.6 Å². The van der Waals surface area contributed by atoms with Crippen molar-refractivity contribution < 1.29 is 0 Å². The van der Waals surface area contributed by atoms with Gasteiger partial charge in [0.1, 0.15) is 0 Å². The summed E-state index contributed by atoms with van der Waals surface area (Å²) in [4.78, 5) is 6.22. The maximum Gasteiger partial charge on any atom is 0.0934 e. The highest BCUT2D eigenvalue weighted by Crippen LogP contribution is 2.21. The zero-order chi connectivity index (χ0) is 13.5. The van der Waals surface area contributed by atoms with E-state index in [4.69, 9.17) is 4.98 Å². The Morgan fingerprint density at radius 2 is 1.89 bits per heavy atom. The average molecular weight is 274 g/mol. The Labute approximate surface area is 119 Å². The highest BCUT2D eigenvalue weighted by Gasteiger charge is 2.09. The summed E-state index contributed by atoms with van der Waals surface area (Å²) in [5.41, 5.74) is 2.69. The molecule has 1 aromatic carbocycles. The number of nitrogens with zero attached hydrogens (tertiary/aromatic N) is 1. The van der Waals surface area contributed by atoms with Crippen molar-refractivity contribution in [3.05, 3.63) is 51.5 Å². The highest BCUT2D eigenvalue weighted by molar-refractivity contribution is 7.11. The van der Waals surface area contributed by atoms with Crippen LogP contribution in [-0.2, 0) is 25.8 Å². The number of hydrogen-bond acceptors (Lipinski definition) is 3. The molecular weight excluding hydrogens is 252 g/mol. The van der Waals surface area contributed by atoms with Gasteiger partial charge in [-0.15, -0.1) is 11.3 Å².